The second-order valence-corrected chi connectivity index (χ2v) is 8.15. The average molecular weight is 463 g/mol. The number of nitrogens with zero attached hydrogens (tertiary/aromatic N) is 3. The molecular weight excluding hydrogens is 443 g/mol. The van der Waals surface area contributed by atoms with Gasteiger partial charge in [0.2, 0.25) is 5.91 Å². The van der Waals surface area contributed by atoms with Crippen molar-refractivity contribution in [1.29, 1.82) is 0 Å². The number of ether oxygens (including phenoxy) is 1. The standard InChI is InChI=1S/C21H20Cl2N4O2S/c1-3-10-27-19(12-29-16-7-5-15(22)6-8-16)25-26-21(27)30-13-20(28)24-18-9-4-14(2)11-17(18)23/h3-9,11H,1,10,12-13H2,2H3,(H,24,28). The summed E-state index contributed by atoms with van der Waals surface area (Å²) in [5.74, 6) is 1.29. The molecule has 1 N–H and O–H groups in total. The van der Waals surface area contributed by atoms with Gasteiger partial charge in [0.25, 0.3) is 0 Å². The number of nitrogens with one attached hydrogen (secondary N) is 1. The van der Waals surface area contributed by atoms with Crippen molar-refractivity contribution in [2.45, 2.75) is 25.2 Å². The Morgan fingerprint density at radius 1 is 1.23 bits per heavy atom. The summed E-state index contributed by atoms with van der Waals surface area (Å²) in [6.07, 6.45) is 1.74. The molecule has 1 amide bonds. The second-order valence-electron chi connectivity index (χ2n) is 6.36. The molecule has 0 saturated heterocycles. The Balaban J connectivity index is 1.61. The molecule has 6 nitrogen and oxygen atoms in total. The summed E-state index contributed by atoms with van der Waals surface area (Å²) in [4.78, 5) is 12.3. The van der Waals surface area contributed by atoms with E-state index < -0.39 is 0 Å². The Morgan fingerprint density at radius 3 is 2.70 bits per heavy atom. The zero-order valence-corrected chi connectivity index (χ0v) is 18.6. The van der Waals surface area contributed by atoms with Crippen LogP contribution in [0.4, 0.5) is 5.69 Å². The topological polar surface area (TPSA) is 69.0 Å². The summed E-state index contributed by atoms with van der Waals surface area (Å²) in [6.45, 7) is 6.45. The van der Waals surface area contributed by atoms with E-state index in [1.54, 1.807) is 42.5 Å². The number of anilines is 1. The van der Waals surface area contributed by atoms with Crippen LogP contribution in [-0.4, -0.2) is 26.4 Å². The number of aromatic nitrogens is 3. The lowest BCUT2D eigenvalue weighted by molar-refractivity contribution is -0.113. The van der Waals surface area contributed by atoms with Gasteiger partial charge in [0.15, 0.2) is 11.0 Å². The van der Waals surface area contributed by atoms with Gasteiger partial charge in [-0.25, -0.2) is 0 Å². The van der Waals surface area contributed by atoms with Crippen molar-refractivity contribution in [3.63, 3.8) is 0 Å². The monoisotopic (exact) mass is 462 g/mol. The third-order valence-corrected chi connectivity index (χ3v) is 5.55. The van der Waals surface area contributed by atoms with Crippen LogP contribution in [0.1, 0.15) is 11.4 Å². The Bertz CT molecular complexity index is 1040. The number of halogens is 2. The highest BCUT2D eigenvalue weighted by molar-refractivity contribution is 7.99. The minimum atomic E-state index is -0.183. The van der Waals surface area contributed by atoms with Crippen LogP contribution < -0.4 is 10.1 Å². The zero-order chi connectivity index (χ0) is 21.5. The first-order valence-corrected chi connectivity index (χ1v) is 10.8. The molecule has 0 bridgehead atoms. The van der Waals surface area contributed by atoms with Crippen LogP contribution in [0, 0.1) is 6.92 Å². The fraction of sp³-hybridized carbons (Fsp3) is 0.190. The molecule has 0 fully saturated rings. The lowest BCUT2D eigenvalue weighted by Gasteiger charge is -2.10. The molecule has 0 aliphatic heterocycles. The first-order valence-electron chi connectivity index (χ1n) is 9.06. The van der Waals surface area contributed by atoms with E-state index in [1.807, 2.05) is 17.6 Å². The van der Waals surface area contributed by atoms with Crippen LogP contribution in [0.25, 0.3) is 0 Å². The summed E-state index contributed by atoms with van der Waals surface area (Å²) in [5, 5.41) is 12.9. The van der Waals surface area contributed by atoms with Gasteiger partial charge < -0.3 is 10.1 Å². The quantitative estimate of drug-likeness (QED) is 0.341. The van der Waals surface area contributed by atoms with Crippen molar-refractivity contribution in [2.24, 2.45) is 0 Å². The normalized spacial score (nSPS) is 10.6. The highest BCUT2D eigenvalue weighted by Crippen LogP contribution is 2.24. The van der Waals surface area contributed by atoms with Crippen molar-refractivity contribution in [3.05, 3.63) is 76.6 Å². The number of hydrogen-bond acceptors (Lipinski definition) is 5. The van der Waals surface area contributed by atoms with E-state index >= 15 is 0 Å². The van der Waals surface area contributed by atoms with Crippen molar-refractivity contribution in [2.75, 3.05) is 11.1 Å². The van der Waals surface area contributed by atoms with Gasteiger partial charge in [0.1, 0.15) is 12.4 Å². The molecule has 30 heavy (non-hydrogen) atoms. The van der Waals surface area contributed by atoms with E-state index in [9.17, 15) is 4.79 Å². The van der Waals surface area contributed by atoms with Gasteiger partial charge in [-0.1, -0.05) is 47.1 Å². The van der Waals surface area contributed by atoms with Gasteiger partial charge in [-0.2, -0.15) is 0 Å². The number of thioether (sulfide) groups is 1. The van der Waals surface area contributed by atoms with E-state index in [2.05, 4.69) is 22.1 Å². The molecule has 9 heteroatoms. The third kappa shape index (κ3) is 6.01. The first-order chi connectivity index (χ1) is 14.5. The summed E-state index contributed by atoms with van der Waals surface area (Å²) in [7, 11) is 0. The predicted octanol–water partition coefficient (Wildman–Crippen LogP) is 5.39. The SMILES string of the molecule is C=CCn1c(COc2ccc(Cl)cc2)nnc1SCC(=O)Nc1ccc(C)cc1Cl. The van der Waals surface area contributed by atoms with Crippen molar-refractivity contribution < 1.29 is 9.53 Å². The van der Waals surface area contributed by atoms with Gasteiger partial charge >= 0.3 is 0 Å². The number of aryl methyl sites for hydroxylation is 1. The van der Waals surface area contributed by atoms with Crippen molar-refractivity contribution in [3.8, 4) is 5.75 Å². The third-order valence-electron chi connectivity index (χ3n) is 4.02. The molecule has 3 rings (SSSR count). The fourth-order valence-electron chi connectivity index (χ4n) is 2.56. The highest BCUT2D eigenvalue weighted by atomic mass is 35.5. The zero-order valence-electron chi connectivity index (χ0n) is 16.3. The smallest absolute Gasteiger partial charge is 0.234 e. The number of carbonyl (C=O) groups excluding carboxylic acids is 1. The Labute approximate surface area is 189 Å². The largest absolute Gasteiger partial charge is 0.486 e. The van der Waals surface area contributed by atoms with E-state index in [0.29, 0.717) is 39.0 Å². The fourth-order valence-corrected chi connectivity index (χ4v) is 3.74. The molecule has 2 aromatic carbocycles. The number of amides is 1. The number of benzene rings is 2. The molecule has 0 spiro atoms. The first kappa shape index (κ1) is 22.2. The van der Waals surface area contributed by atoms with Crippen LogP contribution in [-0.2, 0) is 17.9 Å². The van der Waals surface area contributed by atoms with E-state index in [1.165, 1.54) is 11.8 Å². The maximum atomic E-state index is 12.3. The van der Waals surface area contributed by atoms with Crippen LogP contribution in [0.3, 0.4) is 0 Å². The number of hydrogen-bond donors (Lipinski definition) is 1. The molecule has 0 aliphatic rings. The molecule has 0 saturated carbocycles. The Kier molecular flexibility index (Phi) is 7.79. The second kappa shape index (κ2) is 10.5. The van der Waals surface area contributed by atoms with E-state index in [0.717, 1.165) is 5.56 Å². The van der Waals surface area contributed by atoms with Gasteiger partial charge in [0.05, 0.1) is 16.5 Å². The molecule has 0 radical (unpaired) electrons. The van der Waals surface area contributed by atoms with Crippen molar-refractivity contribution in [1.82, 2.24) is 14.8 Å². The van der Waals surface area contributed by atoms with Gasteiger partial charge in [0, 0.05) is 11.6 Å². The molecule has 0 unspecified atom stereocenters. The van der Waals surface area contributed by atoms with Gasteiger partial charge in [-0.3, -0.25) is 9.36 Å². The molecule has 0 atom stereocenters. The van der Waals surface area contributed by atoms with Crippen LogP contribution >= 0.6 is 35.0 Å². The molecule has 3 aromatic rings. The van der Waals surface area contributed by atoms with E-state index in [-0.39, 0.29) is 18.3 Å². The highest BCUT2D eigenvalue weighted by Gasteiger charge is 2.15. The maximum Gasteiger partial charge on any atom is 0.234 e. The minimum Gasteiger partial charge on any atom is -0.486 e. The Morgan fingerprint density at radius 2 is 2.00 bits per heavy atom. The van der Waals surface area contributed by atoms with E-state index in [4.69, 9.17) is 27.9 Å². The minimum absolute atomic E-state index is 0.164. The average Bonchev–Trinajstić information content (AvgIpc) is 3.10. The predicted molar refractivity (Wildman–Crippen MR) is 122 cm³/mol. The molecular formula is C21H20Cl2N4O2S. The number of carbonyl (C=O) groups is 1. The lowest BCUT2D eigenvalue weighted by atomic mass is 10.2. The summed E-state index contributed by atoms with van der Waals surface area (Å²) in [6, 6.07) is 12.6. The van der Waals surface area contributed by atoms with Crippen LogP contribution in [0.5, 0.6) is 5.75 Å². The van der Waals surface area contributed by atoms with Gasteiger partial charge in [-0.05, 0) is 48.9 Å². The van der Waals surface area contributed by atoms with Crippen molar-refractivity contribution >= 4 is 46.6 Å². The summed E-state index contributed by atoms with van der Waals surface area (Å²) >= 11 is 13.3. The molecule has 1 heterocycles. The molecule has 1 aromatic heterocycles. The number of allylic oxidation sites excluding steroid dienone is 1. The van der Waals surface area contributed by atoms with Crippen LogP contribution in [0.15, 0.2) is 60.3 Å². The Hall–Kier alpha value is -2.48. The maximum absolute atomic E-state index is 12.3. The van der Waals surface area contributed by atoms with Crippen LogP contribution in [0.2, 0.25) is 10.0 Å². The number of rotatable bonds is 9. The summed E-state index contributed by atoms with van der Waals surface area (Å²) < 4.78 is 7.62. The van der Waals surface area contributed by atoms with Gasteiger partial charge in [-0.15, -0.1) is 16.8 Å². The molecule has 156 valence electrons. The lowest BCUT2D eigenvalue weighted by Crippen LogP contribution is -2.15. The molecule has 0 aliphatic carbocycles. The summed E-state index contributed by atoms with van der Waals surface area (Å²) in [5.41, 5.74) is 1.61.